The van der Waals surface area contributed by atoms with Gasteiger partial charge in [-0.1, -0.05) is 51.1 Å². The Morgan fingerprint density at radius 2 is 1.57 bits per heavy atom. The molecule has 2 aromatic carbocycles. The highest BCUT2D eigenvalue weighted by Crippen LogP contribution is 2.24. The van der Waals surface area contributed by atoms with E-state index in [2.05, 4.69) is 0 Å². The van der Waals surface area contributed by atoms with Crippen LogP contribution in [-0.4, -0.2) is 55.8 Å². The van der Waals surface area contributed by atoms with Gasteiger partial charge in [-0.15, -0.1) is 12.4 Å². The van der Waals surface area contributed by atoms with Gasteiger partial charge in [-0.05, 0) is 28.3 Å². The molecule has 2 aromatic rings. The van der Waals surface area contributed by atoms with Crippen molar-refractivity contribution in [2.45, 2.75) is 31.7 Å². The van der Waals surface area contributed by atoms with Crippen LogP contribution in [0.2, 0.25) is 0 Å². The molecule has 1 heterocycles. The van der Waals surface area contributed by atoms with Crippen LogP contribution in [0.15, 0.2) is 47.4 Å². The number of halogens is 1. The Labute approximate surface area is 173 Å². The minimum Gasteiger partial charge on any atom is -0.339 e. The molecule has 1 fully saturated rings. The van der Waals surface area contributed by atoms with Crippen molar-refractivity contribution >= 4 is 39.1 Å². The lowest BCUT2D eigenvalue weighted by atomic mass is 9.86. The van der Waals surface area contributed by atoms with Crippen molar-refractivity contribution in [3.63, 3.8) is 0 Å². The molecule has 0 bridgehead atoms. The molecule has 1 aliphatic heterocycles. The van der Waals surface area contributed by atoms with Gasteiger partial charge in [0, 0.05) is 26.2 Å². The van der Waals surface area contributed by atoms with E-state index in [9.17, 15) is 13.2 Å². The maximum absolute atomic E-state index is 13.0. The topological polar surface area (TPSA) is 83.7 Å². The summed E-state index contributed by atoms with van der Waals surface area (Å²) in [5.41, 5.74) is 5.74. The molecular weight excluding hydrogens is 398 g/mol. The zero-order valence-electron chi connectivity index (χ0n) is 16.5. The number of sulfonamides is 1. The normalized spacial score (nSPS) is 17.2. The van der Waals surface area contributed by atoms with Gasteiger partial charge >= 0.3 is 0 Å². The molecule has 6 nitrogen and oxygen atoms in total. The Morgan fingerprint density at radius 3 is 2.14 bits per heavy atom. The number of hydrogen-bond acceptors (Lipinski definition) is 4. The molecule has 0 saturated carbocycles. The van der Waals surface area contributed by atoms with E-state index in [0.717, 1.165) is 10.8 Å². The van der Waals surface area contributed by atoms with Gasteiger partial charge in [-0.25, -0.2) is 8.42 Å². The molecule has 2 N–H and O–H groups in total. The number of benzene rings is 2. The first-order valence-electron chi connectivity index (χ1n) is 9.14. The van der Waals surface area contributed by atoms with Gasteiger partial charge in [0.05, 0.1) is 10.9 Å². The van der Waals surface area contributed by atoms with Gasteiger partial charge in [0.15, 0.2) is 0 Å². The number of amides is 1. The van der Waals surface area contributed by atoms with Crippen molar-refractivity contribution in [1.82, 2.24) is 9.21 Å². The lowest BCUT2D eigenvalue weighted by Gasteiger charge is -2.37. The maximum Gasteiger partial charge on any atom is 0.243 e. The van der Waals surface area contributed by atoms with Crippen molar-refractivity contribution in [2.75, 3.05) is 26.2 Å². The fourth-order valence-corrected chi connectivity index (χ4v) is 4.65. The van der Waals surface area contributed by atoms with Gasteiger partial charge in [0.2, 0.25) is 15.9 Å². The van der Waals surface area contributed by atoms with E-state index >= 15 is 0 Å². The smallest absolute Gasteiger partial charge is 0.243 e. The van der Waals surface area contributed by atoms with Crippen LogP contribution in [0.4, 0.5) is 0 Å². The summed E-state index contributed by atoms with van der Waals surface area (Å²) >= 11 is 0. The first-order valence-corrected chi connectivity index (χ1v) is 10.6. The molecular formula is C20H28ClN3O3S. The Kier molecular flexibility index (Phi) is 6.76. The lowest BCUT2D eigenvalue weighted by Crippen LogP contribution is -2.56. The van der Waals surface area contributed by atoms with E-state index < -0.39 is 16.1 Å². The van der Waals surface area contributed by atoms with E-state index in [1.54, 1.807) is 17.0 Å². The predicted molar refractivity (Wildman–Crippen MR) is 114 cm³/mol. The number of carbonyl (C=O) groups excluding carboxylic acids is 1. The van der Waals surface area contributed by atoms with Crippen LogP contribution in [0.25, 0.3) is 10.8 Å². The highest BCUT2D eigenvalue weighted by atomic mass is 35.5. The van der Waals surface area contributed by atoms with Gasteiger partial charge in [0.1, 0.15) is 0 Å². The fraction of sp³-hybridized carbons (Fsp3) is 0.450. The van der Waals surface area contributed by atoms with E-state index in [4.69, 9.17) is 5.73 Å². The van der Waals surface area contributed by atoms with E-state index in [1.165, 1.54) is 4.31 Å². The predicted octanol–water partition coefficient (Wildman–Crippen LogP) is 2.47. The number of nitrogens with zero attached hydrogens (tertiary/aromatic N) is 2. The zero-order chi connectivity index (χ0) is 19.8. The molecule has 1 aliphatic rings. The number of rotatable bonds is 3. The molecule has 1 atom stereocenters. The molecule has 28 heavy (non-hydrogen) atoms. The summed E-state index contributed by atoms with van der Waals surface area (Å²) in [5, 5.41) is 1.89. The van der Waals surface area contributed by atoms with Crippen LogP contribution in [-0.2, 0) is 14.8 Å². The zero-order valence-corrected chi connectivity index (χ0v) is 18.1. The maximum atomic E-state index is 13.0. The second-order valence-corrected chi connectivity index (χ2v) is 10.0. The van der Waals surface area contributed by atoms with E-state index in [1.807, 2.05) is 51.1 Å². The molecule has 0 spiro atoms. The van der Waals surface area contributed by atoms with Gasteiger partial charge in [0.25, 0.3) is 0 Å². The number of fused-ring (bicyclic) bond motifs is 1. The first kappa shape index (κ1) is 22.6. The highest BCUT2D eigenvalue weighted by Gasteiger charge is 2.35. The van der Waals surface area contributed by atoms with Crippen molar-refractivity contribution in [1.29, 1.82) is 0 Å². The molecule has 0 aromatic heterocycles. The Balaban J connectivity index is 0.00000280. The van der Waals surface area contributed by atoms with Crippen LogP contribution in [0, 0.1) is 5.41 Å². The number of hydrogen-bond donors (Lipinski definition) is 1. The standard InChI is InChI=1S/C20H27N3O3S.ClH/c1-20(2,3)18(21)19(24)22-10-12-23(13-11-22)27(25,26)17-9-8-15-6-4-5-7-16(15)14-17;/h4-9,14,18H,10-13,21H2,1-3H3;1H/t18-;/m1./s1. The third-order valence-electron chi connectivity index (χ3n) is 5.11. The fourth-order valence-electron chi connectivity index (χ4n) is 3.19. The Hall–Kier alpha value is -1.67. The highest BCUT2D eigenvalue weighted by molar-refractivity contribution is 7.89. The van der Waals surface area contributed by atoms with Crippen LogP contribution in [0.5, 0.6) is 0 Å². The average molecular weight is 426 g/mol. The molecule has 0 unspecified atom stereocenters. The summed E-state index contributed by atoms with van der Waals surface area (Å²) < 4.78 is 27.4. The summed E-state index contributed by atoms with van der Waals surface area (Å²) in [6.07, 6.45) is 0. The molecule has 3 rings (SSSR count). The second-order valence-electron chi connectivity index (χ2n) is 8.08. The Bertz CT molecular complexity index is 949. The third kappa shape index (κ3) is 4.49. The van der Waals surface area contributed by atoms with Gasteiger partial charge in [-0.2, -0.15) is 4.31 Å². The summed E-state index contributed by atoms with van der Waals surface area (Å²) in [6, 6.07) is 12.2. The third-order valence-corrected chi connectivity index (χ3v) is 7.00. The molecule has 8 heteroatoms. The van der Waals surface area contributed by atoms with E-state index in [-0.39, 0.29) is 41.7 Å². The van der Waals surface area contributed by atoms with E-state index in [0.29, 0.717) is 13.1 Å². The molecule has 1 saturated heterocycles. The summed E-state index contributed by atoms with van der Waals surface area (Å²) in [6.45, 7) is 7.04. The number of carbonyl (C=O) groups is 1. The number of piperazine rings is 1. The molecule has 0 aliphatic carbocycles. The first-order chi connectivity index (χ1) is 12.6. The summed E-state index contributed by atoms with van der Waals surface area (Å²) in [7, 11) is -3.59. The lowest BCUT2D eigenvalue weighted by molar-refractivity contribution is -0.136. The van der Waals surface area contributed by atoms with Gasteiger partial charge in [-0.3, -0.25) is 4.79 Å². The average Bonchev–Trinajstić information content (AvgIpc) is 2.65. The van der Waals surface area contributed by atoms with Crippen LogP contribution >= 0.6 is 12.4 Å². The minimum atomic E-state index is -3.59. The van der Waals surface area contributed by atoms with Crippen LogP contribution in [0.1, 0.15) is 20.8 Å². The molecule has 154 valence electrons. The van der Waals surface area contributed by atoms with Crippen molar-refractivity contribution in [3.05, 3.63) is 42.5 Å². The van der Waals surface area contributed by atoms with Crippen LogP contribution < -0.4 is 5.73 Å². The monoisotopic (exact) mass is 425 g/mol. The van der Waals surface area contributed by atoms with Crippen LogP contribution in [0.3, 0.4) is 0 Å². The summed E-state index contributed by atoms with van der Waals surface area (Å²) in [5.74, 6) is -0.120. The van der Waals surface area contributed by atoms with Crippen molar-refractivity contribution in [3.8, 4) is 0 Å². The van der Waals surface area contributed by atoms with Gasteiger partial charge < -0.3 is 10.6 Å². The largest absolute Gasteiger partial charge is 0.339 e. The number of nitrogens with two attached hydrogens (primary N) is 1. The Morgan fingerprint density at radius 1 is 1.00 bits per heavy atom. The second kappa shape index (κ2) is 8.37. The quantitative estimate of drug-likeness (QED) is 0.818. The molecule has 1 amide bonds. The summed E-state index contributed by atoms with van der Waals surface area (Å²) in [4.78, 5) is 14.5. The SMILES string of the molecule is CC(C)(C)[C@H](N)C(=O)N1CCN(S(=O)(=O)c2ccc3ccccc3c2)CC1.Cl. The van der Waals surface area contributed by atoms with Crippen molar-refractivity contribution < 1.29 is 13.2 Å². The molecule has 0 radical (unpaired) electrons. The van der Waals surface area contributed by atoms with Crippen molar-refractivity contribution in [2.24, 2.45) is 11.1 Å². The minimum absolute atomic E-state index is 0.